The average molecular weight is 312 g/mol. The summed E-state index contributed by atoms with van der Waals surface area (Å²) in [5.74, 6) is 2.55. The highest BCUT2D eigenvalue weighted by atomic mass is 14.6. The highest BCUT2D eigenvalue weighted by Gasteiger charge is 2.34. The van der Waals surface area contributed by atoms with Crippen molar-refractivity contribution in [3.8, 4) is 0 Å². The molecule has 0 atom stereocenters. The molecule has 0 spiro atoms. The van der Waals surface area contributed by atoms with Gasteiger partial charge in [0.25, 0.3) is 0 Å². The Morgan fingerprint density at radius 1 is 0.739 bits per heavy atom. The molecule has 3 aliphatic carbocycles. The van der Waals surface area contributed by atoms with Crippen molar-refractivity contribution in [3.63, 3.8) is 0 Å². The van der Waals surface area contributed by atoms with Crippen LogP contribution >= 0.6 is 0 Å². The molecule has 0 amide bonds. The standard InChI is InChI=1S/C22H33N/c23-22-19-13-7-12-16(19)14-15-20(22)21(17-8-3-1-4-9-17)18-10-5-2-6-11-18/h14-15,17-18,21H,1-13,23H2. The average Bonchev–Trinajstić information content (AvgIpc) is 3.09. The Morgan fingerprint density at radius 2 is 1.35 bits per heavy atom. The van der Waals surface area contributed by atoms with Gasteiger partial charge in [0.2, 0.25) is 0 Å². The smallest absolute Gasteiger partial charge is 0.0384 e. The minimum absolute atomic E-state index is 0.751. The number of hydrogen-bond acceptors (Lipinski definition) is 1. The zero-order valence-corrected chi connectivity index (χ0v) is 14.7. The van der Waals surface area contributed by atoms with Crippen LogP contribution in [0, 0.1) is 11.8 Å². The van der Waals surface area contributed by atoms with E-state index in [0.29, 0.717) is 0 Å². The number of aryl methyl sites for hydroxylation is 1. The molecule has 23 heavy (non-hydrogen) atoms. The fourth-order valence-electron chi connectivity index (χ4n) is 5.88. The molecule has 1 aromatic carbocycles. The monoisotopic (exact) mass is 311 g/mol. The predicted octanol–water partition coefficient (Wildman–Crippen LogP) is 6.00. The molecule has 0 unspecified atom stereocenters. The van der Waals surface area contributed by atoms with Gasteiger partial charge in [-0.2, -0.15) is 0 Å². The van der Waals surface area contributed by atoms with Gasteiger partial charge < -0.3 is 5.73 Å². The summed E-state index contributed by atoms with van der Waals surface area (Å²) < 4.78 is 0. The third kappa shape index (κ3) is 3.04. The fraction of sp³-hybridized carbons (Fsp3) is 0.727. The van der Waals surface area contributed by atoms with Gasteiger partial charge in [-0.3, -0.25) is 0 Å². The predicted molar refractivity (Wildman–Crippen MR) is 98.8 cm³/mol. The van der Waals surface area contributed by atoms with Crippen molar-refractivity contribution < 1.29 is 0 Å². The first kappa shape index (κ1) is 15.5. The highest BCUT2D eigenvalue weighted by molar-refractivity contribution is 5.60. The van der Waals surface area contributed by atoms with Crippen LogP contribution in [0.1, 0.15) is 93.2 Å². The molecule has 0 aliphatic heterocycles. The van der Waals surface area contributed by atoms with Crippen LogP contribution in [0.5, 0.6) is 0 Å². The van der Waals surface area contributed by atoms with Crippen molar-refractivity contribution in [2.45, 2.75) is 89.4 Å². The van der Waals surface area contributed by atoms with E-state index in [4.69, 9.17) is 5.73 Å². The summed E-state index contributed by atoms with van der Waals surface area (Å²) in [5.41, 5.74) is 12.5. The second-order valence-corrected chi connectivity index (χ2v) is 8.38. The molecule has 2 fully saturated rings. The number of nitrogen functional groups attached to an aromatic ring is 1. The summed E-state index contributed by atoms with van der Waals surface area (Å²) in [6, 6.07) is 4.86. The number of benzene rings is 1. The molecule has 1 nitrogen and oxygen atoms in total. The van der Waals surface area contributed by atoms with Gasteiger partial charge in [-0.15, -0.1) is 0 Å². The Balaban J connectivity index is 1.69. The van der Waals surface area contributed by atoms with E-state index in [-0.39, 0.29) is 0 Å². The molecule has 0 bridgehead atoms. The molecule has 3 aliphatic rings. The van der Waals surface area contributed by atoms with E-state index in [1.54, 1.807) is 5.56 Å². The first-order chi connectivity index (χ1) is 11.3. The SMILES string of the molecule is Nc1c(C(C2CCCCC2)C2CCCCC2)ccc2c1CCC2. The number of rotatable bonds is 3. The Bertz CT molecular complexity index is 517. The number of fused-ring (bicyclic) bond motifs is 1. The van der Waals surface area contributed by atoms with E-state index in [0.717, 1.165) is 17.8 Å². The van der Waals surface area contributed by atoms with Crippen molar-refractivity contribution in [2.75, 3.05) is 5.73 Å². The van der Waals surface area contributed by atoms with Crippen molar-refractivity contribution in [2.24, 2.45) is 11.8 Å². The van der Waals surface area contributed by atoms with Crippen molar-refractivity contribution in [3.05, 3.63) is 28.8 Å². The topological polar surface area (TPSA) is 26.0 Å². The minimum atomic E-state index is 0.751. The maximum atomic E-state index is 6.75. The molecular weight excluding hydrogens is 278 g/mol. The van der Waals surface area contributed by atoms with Gasteiger partial charge in [0, 0.05) is 5.69 Å². The van der Waals surface area contributed by atoms with Gasteiger partial charge in [0.05, 0.1) is 0 Å². The van der Waals surface area contributed by atoms with Gasteiger partial charge >= 0.3 is 0 Å². The van der Waals surface area contributed by atoms with E-state index in [2.05, 4.69) is 12.1 Å². The summed E-state index contributed by atoms with van der Waals surface area (Å²) in [5, 5.41) is 0. The number of hydrogen-bond donors (Lipinski definition) is 1. The maximum Gasteiger partial charge on any atom is 0.0384 e. The lowest BCUT2D eigenvalue weighted by Gasteiger charge is -2.39. The summed E-state index contributed by atoms with van der Waals surface area (Å²) in [6.45, 7) is 0. The highest BCUT2D eigenvalue weighted by Crippen LogP contribution is 2.48. The van der Waals surface area contributed by atoms with Crippen molar-refractivity contribution >= 4 is 5.69 Å². The third-order valence-electron chi connectivity index (χ3n) is 7.04. The second-order valence-electron chi connectivity index (χ2n) is 8.38. The largest absolute Gasteiger partial charge is 0.398 e. The fourth-order valence-corrected chi connectivity index (χ4v) is 5.88. The van der Waals surface area contributed by atoms with Crippen molar-refractivity contribution in [1.29, 1.82) is 0 Å². The summed E-state index contributed by atoms with van der Waals surface area (Å²) in [7, 11) is 0. The van der Waals surface area contributed by atoms with E-state index in [1.165, 1.54) is 100 Å². The van der Waals surface area contributed by atoms with Crippen LogP contribution in [-0.2, 0) is 12.8 Å². The molecule has 2 saturated carbocycles. The Kier molecular flexibility index (Phi) is 4.64. The van der Waals surface area contributed by atoms with E-state index in [9.17, 15) is 0 Å². The lowest BCUT2D eigenvalue weighted by Crippen LogP contribution is -2.26. The van der Waals surface area contributed by atoms with Crippen molar-refractivity contribution in [1.82, 2.24) is 0 Å². The number of nitrogens with two attached hydrogens (primary N) is 1. The minimum Gasteiger partial charge on any atom is -0.398 e. The molecule has 0 heterocycles. The molecule has 126 valence electrons. The van der Waals surface area contributed by atoms with Crippen LogP contribution in [0.2, 0.25) is 0 Å². The molecule has 0 saturated heterocycles. The Morgan fingerprint density at radius 3 is 1.96 bits per heavy atom. The van der Waals surface area contributed by atoms with Crippen LogP contribution in [-0.4, -0.2) is 0 Å². The molecule has 2 N–H and O–H groups in total. The van der Waals surface area contributed by atoms with Crippen LogP contribution < -0.4 is 5.73 Å². The first-order valence-corrected chi connectivity index (χ1v) is 10.2. The Labute approximate surface area is 142 Å². The third-order valence-corrected chi connectivity index (χ3v) is 7.04. The first-order valence-electron chi connectivity index (χ1n) is 10.2. The number of anilines is 1. The van der Waals surface area contributed by atoms with Gasteiger partial charge in [0.15, 0.2) is 0 Å². The zero-order chi connectivity index (χ0) is 15.6. The molecule has 0 aromatic heterocycles. The van der Waals surface area contributed by atoms with E-state index in [1.807, 2.05) is 0 Å². The second kappa shape index (κ2) is 6.87. The summed E-state index contributed by atoms with van der Waals surface area (Å²) in [6.07, 6.45) is 18.2. The van der Waals surface area contributed by atoms with Gasteiger partial charge in [-0.1, -0.05) is 50.7 Å². The normalized spacial score (nSPS) is 23.3. The molecule has 0 radical (unpaired) electrons. The van der Waals surface area contributed by atoms with Crippen LogP contribution in [0.3, 0.4) is 0 Å². The molecule has 1 aromatic rings. The van der Waals surface area contributed by atoms with Crippen LogP contribution in [0.4, 0.5) is 5.69 Å². The zero-order valence-electron chi connectivity index (χ0n) is 14.7. The van der Waals surface area contributed by atoms with Gasteiger partial charge in [0.1, 0.15) is 0 Å². The molecule has 4 rings (SSSR count). The lowest BCUT2D eigenvalue weighted by atomic mass is 9.66. The van der Waals surface area contributed by atoms with Gasteiger partial charge in [-0.25, -0.2) is 0 Å². The molecule has 1 heteroatoms. The lowest BCUT2D eigenvalue weighted by molar-refractivity contribution is 0.203. The van der Waals surface area contributed by atoms with Crippen LogP contribution in [0.15, 0.2) is 12.1 Å². The Hall–Kier alpha value is -0.980. The van der Waals surface area contributed by atoms with E-state index >= 15 is 0 Å². The summed E-state index contributed by atoms with van der Waals surface area (Å²) >= 11 is 0. The summed E-state index contributed by atoms with van der Waals surface area (Å²) in [4.78, 5) is 0. The van der Waals surface area contributed by atoms with E-state index < -0.39 is 0 Å². The maximum absolute atomic E-state index is 6.75. The molecular formula is C22H33N. The van der Waals surface area contributed by atoms with Gasteiger partial charge in [-0.05, 0) is 79.4 Å². The quantitative estimate of drug-likeness (QED) is 0.680. The van der Waals surface area contributed by atoms with Crippen LogP contribution in [0.25, 0.3) is 0 Å².